The van der Waals surface area contributed by atoms with Gasteiger partial charge in [-0.3, -0.25) is 0 Å². The third kappa shape index (κ3) is 3.96. The second-order valence-electron chi connectivity index (χ2n) is 6.51. The molecule has 0 aromatic rings. The fourth-order valence-corrected chi connectivity index (χ4v) is 4.33. The lowest BCUT2D eigenvalue weighted by Gasteiger charge is -2.40. The van der Waals surface area contributed by atoms with Crippen LogP contribution in [0.15, 0.2) is 0 Å². The molecule has 0 N–H and O–H groups in total. The number of nitrogens with zero attached hydrogens (tertiary/aromatic N) is 1. The highest BCUT2D eigenvalue weighted by molar-refractivity contribution is 9.09. The van der Waals surface area contributed by atoms with Crippen LogP contribution in [0.2, 0.25) is 0 Å². The molecule has 1 atom stereocenters. The van der Waals surface area contributed by atoms with Crippen LogP contribution in [-0.2, 0) is 0 Å². The summed E-state index contributed by atoms with van der Waals surface area (Å²) in [5.74, 6) is 0.950. The Hall–Kier alpha value is 0.440. The zero-order chi connectivity index (χ0) is 12.1. The molecule has 1 saturated carbocycles. The molecule has 1 aliphatic heterocycles. The maximum atomic E-state index is 3.80. The Labute approximate surface area is 115 Å². The van der Waals surface area contributed by atoms with E-state index in [-0.39, 0.29) is 0 Å². The average molecular weight is 302 g/mol. The Bertz CT molecular complexity index is 223. The van der Waals surface area contributed by atoms with Crippen molar-refractivity contribution in [3.05, 3.63) is 0 Å². The molecule has 0 spiro atoms. The molecule has 17 heavy (non-hydrogen) atoms. The molecule has 0 bridgehead atoms. The number of likely N-dealkylation sites (tertiary alicyclic amines) is 1. The molecule has 0 radical (unpaired) electrons. The van der Waals surface area contributed by atoms with E-state index < -0.39 is 0 Å². The van der Waals surface area contributed by atoms with E-state index in [0.717, 1.165) is 5.92 Å². The van der Waals surface area contributed by atoms with E-state index >= 15 is 0 Å². The third-order valence-electron chi connectivity index (χ3n) is 4.87. The van der Waals surface area contributed by atoms with Crippen molar-refractivity contribution >= 4 is 15.9 Å². The minimum absolute atomic E-state index is 0.603. The van der Waals surface area contributed by atoms with Gasteiger partial charge in [-0.15, -0.1) is 0 Å². The molecule has 1 saturated heterocycles. The fraction of sp³-hybridized carbons (Fsp3) is 1.00. The molecule has 1 heterocycles. The first kappa shape index (κ1) is 13.9. The van der Waals surface area contributed by atoms with Gasteiger partial charge in [-0.1, -0.05) is 42.1 Å². The van der Waals surface area contributed by atoms with Gasteiger partial charge in [-0.2, -0.15) is 0 Å². The van der Waals surface area contributed by atoms with Crippen molar-refractivity contribution in [3.63, 3.8) is 0 Å². The molecule has 2 aliphatic rings. The summed E-state index contributed by atoms with van der Waals surface area (Å²) in [6.45, 7) is 6.46. The summed E-state index contributed by atoms with van der Waals surface area (Å²) >= 11 is 3.80. The number of rotatable bonds is 3. The molecular weight excluding hydrogens is 274 g/mol. The molecule has 1 aliphatic carbocycles. The predicted molar refractivity (Wildman–Crippen MR) is 78.8 cm³/mol. The maximum Gasteiger partial charge on any atom is 0.0100 e. The Morgan fingerprint density at radius 3 is 2.53 bits per heavy atom. The molecule has 2 heteroatoms. The molecule has 1 unspecified atom stereocenters. The number of halogens is 1. The topological polar surface area (TPSA) is 3.24 Å². The highest BCUT2D eigenvalue weighted by atomic mass is 79.9. The summed E-state index contributed by atoms with van der Waals surface area (Å²) in [6, 6.07) is 0. The lowest BCUT2D eigenvalue weighted by Crippen LogP contribution is -2.40. The van der Waals surface area contributed by atoms with Crippen LogP contribution >= 0.6 is 15.9 Å². The standard InChI is InChI=1S/C15H28BrN/c1-14-6-5-10-17(11-7-14)13-15(12-16)8-3-2-4-9-15/h14H,2-13H2,1H3. The number of hydrogen-bond acceptors (Lipinski definition) is 1. The van der Waals surface area contributed by atoms with E-state index in [2.05, 4.69) is 27.8 Å². The van der Waals surface area contributed by atoms with Gasteiger partial charge in [0.25, 0.3) is 0 Å². The molecule has 2 rings (SSSR count). The van der Waals surface area contributed by atoms with Crippen molar-refractivity contribution in [2.75, 3.05) is 25.0 Å². The fourth-order valence-electron chi connectivity index (χ4n) is 3.59. The highest BCUT2D eigenvalue weighted by Gasteiger charge is 2.33. The molecule has 1 nitrogen and oxygen atoms in total. The van der Waals surface area contributed by atoms with E-state index in [0.29, 0.717) is 5.41 Å². The Kier molecular flexibility index (Phi) is 5.35. The smallest absolute Gasteiger partial charge is 0.0100 e. The van der Waals surface area contributed by atoms with Gasteiger partial charge in [0.2, 0.25) is 0 Å². The largest absolute Gasteiger partial charge is 0.303 e. The van der Waals surface area contributed by atoms with Crippen molar-refractivity contribution < 1.29 is 0 Å². The van der Waals surface area contributed by atoms with Crippen LogP contribution < -0.4 is 0 Å². The summed E-state index contributed by atoms with van der Waals surface area (Å²) in [6.07, 6.45) is 11.5. The van der Waals surface area contributed by atoms with Crippen LogP contribution in [0.3, 0.4) is 0 Å². The minimum atomic E-state index is 0.603. The van der Waals surface area contributed by atoms with E-state index in [4.69, 9.17) is 0 Å². The van der Waals surface area contributed by atoms with Gasteiger partial charge < -0.3 is 4.90 Å². The second-order valence-corrected chi connectivity index (χ2v) is 7.07. The quantitative estimate of drug-likeness (QED) is 0.696. The maximum absolute atomic E-state index is 3.80. The summed E-state index contributed by atoms with van der Waals surface area (Å²) in [5, 5.41) is 1.21. The van der Waals surface area contributed by atoms with Gasteiger partial charge in [-0.05, 0) is 56.5 Å². The summed E-state index contributed by atoms with van der Waals surface area (Å²) < 4.78 is 0. The second kappa shape index (κ2) is 6.56. The molecule has 0 amide bonds. The predicted octanol–water partition coefficient (Wildman–Crippen LogP) is 4.45. The zero-order valence-corrected chi connectivity index (χ0v) is 13.0. The van der Waals surface area contributed by atoms with Crippen LogP contribution in [-0.4, -0.2) is 29.9 Å². The first-order valence-electron chi connectivity index (χ1n) is 7.52. The van der Waals surface area contributed by atoms with Crippen molar-refractivity contribution in [1.82, 2.24) is 4.90 Å². The summed E-state index contributed by atoms with van der Waals surface area (Å²) in [7, 11) is 0. The normalized spacial score (nSPS) is 31.1. The van der Waals surface area contributed by atoms with Gasteiger partial charge in [-0.25, -0.2) is 0 Å². The summed E-state index contributed by atoms with van der Waals surface area (Å²) in [4.78, 5) is 2.76. The Balaban J connectivity index is 1.88. The lowest BCUT2D eigenvalue weighted by molar-refractivity contribution is 0.128. The SMILES string of the molecule is CC1CCCN(CC2(CBr)CCCCC2)CC1. The molecule has 2 fully saturated rings. The van der Waals surface area contributed by atoms with Crippen molar-refractivity contribution in [2.24, 2.45) is 11.3 Å². The van der Waals surface area contributed by atoms with Gasteiger partial charge >= 0.3 is 0 Å². The average Bonchev–Trinajstić information content (AvgIpc) is 2.56. The van der Waals surface area contributed by atoms with Crippen LogP contribution in [0.25, 0.3) is 0 Å². The van der Waals surface area contributed by atoms with E-state index in [1.807, 2.05) is 0 Å². The van der Waals surface area contributed by atoms with Gasteiger partial charge in [0.05, 0.1) is 0 Å². The van der Waals surface area contributed by atoms with E-state index in [9.17, 15) is 0 Å². The Morgan fingerprint density at radius 1 is 1.06 bits per heavy atom. The van der Waals surface area contributed by atoms with Crippen LogP contribution in [0.5, 0.6) is 0 Å². The Morgan fingerprint density at radius 2 is 1.82 bits per heavy atom. The number of hydrogen-bond donors (Lipinski definition) is 0. The summed E-state index contributed by atoms with van der Waals surface area (Å²) in [5.41, 5.74) is 0.603. The van der Waals surface area contributed by atoms with Gasteiger partial charge in [0.1, 0.15) is 0 Å². The number of alkyl halides is 1. The van der Waals surface area contributed by atoms with Gasteiger partial charge in [0.15, 0.2) is 0 Å². The van der Waals surface area contributed by atoms with E-state index in [1.165, 1.54) is 76.3 Å². The first-order chi connectivity index (χ1) is 8.24. The minimum Gasteiger partial charge on any atom is -0.303 e. The van der Waals surface area contributed by atoms with Crippen molar-refractivity contribution in [3.8, 4) is 0 Å². The lowest BCUT2D eigenvalue weighted by atomic mass is 9.75. The monoisotopic (exact) mass is 301 g/mol. The zero-order valence-electron chi connectivity index (χ0n) is 11.4. The van der Waals surface area contributed by atoms with Crippen LogP contribution in [0.4, 0.5) is 0 Å². The molecular formula is C15H28BrN. The van der Waals surface area contributed by atoms with Crippen molar-refractivity contribution in [2.45, 2.75) is 58.3 Å². The third-order valence-corrected chi connectivity index (χ3v) is 6.06. The van der Waals surface area contributed by atoms with Crippen molar-refractivity contribution in [1.29, 1.82) is 0 Å². The molecule has 0 aromatic heterocycles. The molecule has 0 aromatic carbocycles. The van der Waals surface area contributed by atoms with Crippen LogP contribution in [0.1, 0.15) is 58.3 Å². The van der Waals surface area contributed by atoms with Gasteiger partial charge in [0, 0.05) is 11.9 Å². The van der Waals surface area contributed by atoms with Crippen LogP contribution in [0, 0.1) is 11.3 Å². The molecule has 100 valence electrons. The van der Waals surface area contributed by atoms with E-state index in [1.54, 1.807) is 0 Å². The first-order valence-corrected chi connectivity index (χ1v) is 8.65. The highest BCUT2D eigenvalue weighted by Crippen LogP contribution is 2.39.